The van der Waals surface area contributed by atoms with Crippen molar-refractivity contribution in [3.8, 4) is 5.75 Å². The van der Waals surface area contributed by atoms with Crippen molar-refractivity contribution in [3.05, 3.63) is 29.8 Å². The minimum atomic E-state index is -0.886. The summed E-state index contributed by atoms with van der Waals surface area (Å²) in [4.78, 5) is 11.6. The molecule has 3 heteroatoms. The standard InChI is InChI=1S/C12H16O3/c1-3-4-11(13)12(14)9-5-7-10(15-2)8-6-9/h5-8,11,13H,3-4H2,1-2H3. The highest BCUT2D eigenvalue weighted by atomic mass is 16.5. The van der Waals surface area contributed by atoms with E-state index in [2.05, 4.69) is 0 Å². The first-order chi connectivity index (χ1) is 7.19. The molecule has 15 heavy (non-hydrogen) atoms. The number of ketones is 1. The molecule has 0 aliphatic rings. The molecule has 0 fully saturated rings. The van der Waals surface area contributed by atoms with Gasteiger partial charge >= 0.3 is 0 Å². The van der Waals surface area contributed by atoms with Gasteiger partial charge in [-0.1, -0.05) is 13.3 Å². The Kier molecular flexibility index (Phi) is 4.31. The van der Waals surface area contributed by atoms with Crippen LogP contribution < -0.4 is 4.74 Å². The van der Waals surface area contributed by atoms with E-state index in [-0.39, 0.29) is 5.78 Å². The molecule has 1 N–H and O–H groups in total. The van der Waals surface area contributed by atoms with Crippen LogP contribution in [0.15, 0.2) is 24.3 Å². The summed E-state index contributed by atoms with van der Waals surface area (Å²) >= 11 is 0. The van der Waals surface area contributed by atoms with Crippen molar-refractivity contribution >= 4 is 5.78 Å². The van der Waals surface area contributed by atoms with Crippen molar-refractivity contribution in [2.75, 3.05) is 7.11 Å². The lowest BCUT2D eigenvalue weighted by molar-refractivity contribution is 0.0729. The molecular formula is C12H16O3. The number of methoxy groups -OCH3 is 1. The number of aliphatic hydroxyl groups excluding tert-OH is 1. The third-order valence-corrected chi connectivity index (χ3v) is 2.24. The van der Waals surface area contributed by atoms with Gasteiger partial charge in [0, 0.05) is 5.56 Å². The zero-order valence-corrected chi connectivity index (χ0v) is 9.06. The van der Waals surface area contributed by atoms with E-state index < -0.39 is 6.10 Å². The van der Waals surface area contributed by atoms with E-state index in [1.807, 2.05) is 6.92 Å². The fraction of sp³-hybridized carbons (Fsp3) is 0.417. The highest BCUT2D eigenvalue weighted by molar-refractivity contribution is 5.99. The van der Waals surface area contributed by atoms with Gasteiger partial charge in [-0.15, -0.1) is 0 Å². The summed E-state index contributed by atoms with van der Waals surface area (Å²) in [6, 6.07) is 6.76. The molecule has 1 unspecified atom stereocenters. The Morgan fingerprint density at radius 3 is 2.47 bits per heavy atom. The van der Waals surface area contributed by atoms with E-state index >= 15 is 0 Å². The molecule has 0 saturated carbocycles. The summed E-state index contributed by atoms with van der Waals surface area (Å²) in [7, 11) is 1.57. The molecule has 1 atom stereocenters. The minimum absolute atomic E-state index is 0.223. The molecule has 82 valence electrons. The van der Waals surface area contributed by atoms with Gasteiger partial charge in [0.2, 0.25) is 0 Å². The molecule has 1 rings (SSSR count). The number of aliphatic hydroxyl groups is 1. The summed E-state index contributed by atoms with van der Waals surface area (Å²) in [5.74, 6) is 0.482. The van der Waals surface area contributed by atoms with Crippen LogP contribution in [0.25, 0.3) is 0 Å². The third kappa shape index (κ3) is 3.06. The smallest absolute Gasteiger partial charge is 0.191 e. The van der Waals surface area contributed by atoms with E-state index in [9.17, 15) is 9.90 Å². The number of carbonyl (C=O) groups is 1. The Hall–Kier alpha value is -1.35. The van der Waals surface area contributed by atoms with Gasteiger partial charge in [-0.2, -0.15) is 0 Å². The third-order valence-electron chi connectivity index (χ3n) is 2.24. The maximum atomic E-state index is 11.6. The van der Waals surface area contributed by atoms with E-state index in [1.165, 1.54) is 0 Å². The fourth-order valence-corrected chi connectivity index (χ4v) is 1.35. The van der Waals surface area contributed by atoms with Gasteiger partial charge in [-0.3, -0.25) is 4.79 Å². The molecule has 0 aliphatic carbocycles. The molecular weight excluding hydrogens is 192 g/mol. The van der Waals surface area contributed by atoms with Crippen LogP contribution in [0.3, 0.4) is 0 Å². The Labute approximate surface area is 89.7 Å². The molecule has 0 heterocycles. The number of carbonyl (C=O) groups excluding carboxylic acids is 1. The largest absolute Gasteiger partial charge is 0.497 e. The lowest BCUT2D eigenvalue weighted by Crippen LogP contribution is -2.19. The van der Waals surface area contributed by atoms with E-state index in [0.717, 1.165) is 6.42 Å². The average molecular weight is 208 g/mol. The molecule has 0 aromatic heterocycles. The second-order valence-electron chi connectivity index (χ2n) is 3.40. The summed E-state index contributed by atoms with van der Waals surface area (Å²) in [5.41, 5.74) is 0.525. The van der Waals surface area contributed by atoms with Crippen molar-refractivity contribution in [1.82, 2.24) is 0 Å². The Balaban J connectivity index is 2.73. The summed E-state index contributed by atoms with van der Waals surface area (Å²) in [6.07, 6.45) is 0.414. The van der Waals surface area contributed by atoms with Crippen molar-refractivity contribution in [1.29, 1.82) is 0 Å². The number of Topliss-reactive ketones (excluding diaryl/α,β-unsaturated/α-hetero) is 1. The highest BCUT2D eigenvalue weighted by Crippen LogP contribution is 2.14. The molecule has 0 amide bonds. The second-order valence-corrected chi connectivity index (χ2v) is 3.40. The van der Waals surface area contributed by atoms with Crippen LogP contribution in [0, 0.1) is 0 Å². The van der Waals surface area contributed by atoms with Crippen molar-refractivity contribution in [2.24, 2.45) is 0 Å². The summed E-state index contributed by atoms with van der Waals surface area (Å²) in [5, 5.41) is 9.52. The van der Waals surface area contributed by atoms with Gasteiger partial charge in [0.05, 0.1) is 7.11 Å². The molecule has 0 bridgehead atoms. The van der Waals surface area contributed by atoms with Crippen LogP contribution in [0.1, 0.15) is 30.1 Å². The number of benzene rings is 1. The van der Waals surface area contributed by atoms with E-state index in [0.29, 0.717) is 17.7 Å². The summed E-state index contributed by atoms with van der Waals surface area (Å²) in [6.45, 7) is 1.94. The lowest BCUT2D eigenvalue weighted by Gasteiger charge is -2.08. The first-order valence-corrected chi connectivity index (χ1v) is 5.05. The normalized spacial score (nSPS) is 12.2. The monoisotopic (exact) mass is 208 g/mol. The Morgan fingerprint density at radius 1 is 1.40 bits per heavy atom. The number of rotatable bonds is 5. The first kappa shape index (κ1) is 11.7. The van der Waals surface area contributed by atoms with Gasteiger partial charge in [0.1, 0.15) is 11.9 Å². The maximum Gasteiger partial charge on any atom is 0.191 e. The zero-order chi connectivity index (χ0) is 11.3. The molecule has 1 aromatic rings. The van der Waals surface area contributed by atoms with Crippen molar-refractivity contribution in [3.63, 3.8) is 0 Å². The molecule has 3 nitrogen and oxygen atoms in total. The predicted molar refractivity (Wildman–Crippen MR) is 58.2 cm³/mol. The van der Waals surface area contributed by atoms with Crippen LogP contribution in [0.2, 0.25) is 0 Å². The average Bonchev–Trinajstić information content (AvgIpc) is 2.28. The van der Waals surface area contributed by atoms with Crippen LogP contribution in [0.4, 0.5) is 0 Å². The van der Waals surface area contributed by atoms with Crippen LogP contribution in [-0.4, -0.2) is 24.1 Å². The van der Waals surface area contributed by atoms with Gasteiger partial charge in [-0.25, -0.2) is 0 Å². The maximum absolute atomic E-state index is 11.6. The van der Waals surface area contributed by atoms with E-state index in [4.69, 9.17) is 4.74 Å². The van der Waals surface area contributed by atoms with Gasteiger partial charge in [0.25, 0.3) is 0 Å². The topological polar surface area (TPSA) is 46.5 Å². The first-order valence-electron chi connectivity index (χ1n) is 5.05. The number of ether oxygens (including phenoxy) is 1. The van der Waals surface area contributed by atoms with Crippen LogP contribution in [0.5, 0.6) is 5.75 Å². The number of hydrogen-bond donors (Lipinski definition) is 1. The van der Waals surface area contributed by atoms with Crippen LogP contribution in [-0.2, 0) is 0 Å². The molecule has 0 saturated heterocycles. The summed E-state index contributed by atoms with van der Waals surface area (Å²) < 4.78 is 4.98. The Bertz CT molecular complexity index is 316. The lowest BCUT2D eigenvalue weighted by atomic mass is 10.0. The van der Waals surface area contributed by atoms with Gasteiger partial charge in [0.15, 0.2) is 5.78 Å². The fourth-order valence-electron chi connectivity index (χ4n) is 1.35. The van der Waals surface area contributed by atoms with E-state index in [1.54, 1.807) is 31.4 Å². The van der Waals surface area contributed by atoms with Crippen molar-refractivity contribution < 1.29 is 14.6 Å². The van der Waals surface area contributed by atoms with Gasteiger partial charge in [-0.05, 0) is 30.7 Å². The van der Waals surface area contributed by atoms with Crippen LogP contribution >= 0.6 is 0 Å². The highest BCUT2D eigenvalue weighted by Gasteiger charge is 2.15. The Morgan fingerprint density at radius 2 is 2.00 bits per heavy atom. The molecule has 0 radical (unpaired) electrons. The molecule has 0 spiro atoms. The molecule has 1 aromatic carbocycles. The van der Waals surface area contributed by atoms with Crippen molar-refractivity contribution in [2.45, 2.75) is 25.9 Å². The SMILES string of the molecule is CCCC(O)C(=O)c1ccc(OC)cc1. The van der Waals surface area contributed by atoms with Gasteiger partial charge < -0.3 is 9.84 Å². The second kappa shape index (κ2) is 5.51. The predicted octanol–water partition coefficient (Wildman–Crippen LogP) is 2.04. The minimum Gasteiger partial charge on any atom is -0.497 e. The zero-order valence-electron chi connectivity index (χ0n) is 9.06. The number of hydrogen-bond acceptors (Lipinski definition) is 3. The quantitative estimate of drug-likeness (QED) is 0.753. The molecule has 0 aliphatic heterocycles.